The predicted octanol–water partition coefficient (Wildman–Crippen LogP) is 7.56. The van der Waals surface area contributed by atoms with E-state index in [-0.39, 0.29) is 11.9 Å². The van der Waals surface area contributed by atoms with Crippen molar-refractivity contribution in [2.24, 2.45) is 11.3 Å². The molecule has 1 rings (SSSR count). The van der Waals surface area contributed by atoms with Gasteiger partial charge in [0, 0.05) is 12.5 Å². The van der Waals surface area contributed by atoms with Crippen molar-refractivity contribution in [3.05, 3.63) is 35.1 Å². The summed E-state index contributed by atoms with van der Waals surface area (Å²) in [5.74, 6) is 0.769. The van der Waals surface area contributed by atoms with Crippen molar-refractivity contribution in [1.82, 2.24) is 0 Å². The molecule has 0 aromatic rings. The van der Waals surface area contributed by atoms with Crippen molar-refractivity contribution in [3.63, 3.8) is 0 Å². The number of hydrogen-bond acceptors (Lipinski definition) is 3. The fourth-order valence-corrected chi connectivity index (χ4v) is 10.00. The van der Waals surface area contributed by atoms with Crippen molar-refractivity contribution >= 4 is 14.3 Å². The molecule has 0 heterocycles. The fourth-order valence-electron chi connectivity index (χ4n) is 4.50. The van der Waals surface area contributed by atoms with Crippen molar-refractivity contribution in [2.45, 2.75) is 99.2 Å². The number of ether oxygens (including phenoxy) is 1. The Morgan fingerprint density at radius 2 is 1.59 bits per heavy atom. The highest BCUT2D eigenvalue weighted by Crippen LogP contribution is 2.43. The molecular weight excluding hydrogens is 376 g/mol. The molecule has 1 unspecified atom stereocenters. The zero-order valence-electron chi connectivity index (χ0n) is 20.7. The molecule has 4 heteroatoms. The monoisotopic (exact) mass is 420 g/mol. The summed E-state index contributed by atoms with van der Waals surface area (Å²) >= 11 is 0. The SMILES string of the molecule is CC(C)=C1CC(CO[Si](C(C)C)(C(C)C)C(C)C)C=CC=C1OC(=O)C(C)(C)C. The Hall–Kier alpha value is -1.13. The summed E-state index contributed by atoms with van der Waals surface area (Å²) in [5.41, 5.74) is 3.49. The van der Waals surface area contributed by atoms with Gasteiger partial charge in [-0.25, -0.2) is 0 Å². The molecular formula is C25H44O3Si. The van der Waals surface area contributed by atoms with Gasteiger partial charge in [0.25, 0.3) is 0 Å². The molecule has 29 heavy (non-hydrogen) atoms. The van der Waals surface area contributed by atoms with Gasteiger partial charge >= 0.3 is 5.97 Å². The first-order chi connectivity index (χ1) is 13.2. The van der Waals surface area contributed by atoms with E-state index < -0.39 is 13.7 Å². The topological polar surface area (TPSA) is 35.5 Å². The third-order valence-electron chi connectivity index (χ3n) is 6.07. The van der Waals surface area contributed by atoms with Gasteiger partial charge in [-0.2, -0.15) is 0 Å². The average molecular weight is 421 g/mol. The predicted molar refractivity (Wildman–Crippen MR) is 126 cm³/mol. The maximum atomic E-state index is 12.4. The Bertz CT molecular complexity index is 634. The minimum absolute atomic E-state index is 0.198. The standard InChI is InChI=1S/C25H44O3Si/c1-17(2)22-15-21(13-12-14-23(22)28-24(26)25(9,10)11)16-27-29(18(3)4,19(5)6)20(7)8/h12-14,18-21H,15-16H2,1-11H3. The molecule has 0 spiro atoms. The Kier molecular flexibility index (Phi) is 9.16. The third-order valence-corrected chi connectivity index (χ3v) is 12.1. The number of carbonyl (C=O) groups excluding carboxylic acids is 1. The van der Waals surface area contributed by atoms with E-state index in [0.29, 0.717) is 22.4 Å². The minimum Gasteiger partial charge on any atom is -0.426 e. The van der Waals surface area contributed by atoms with Crippen LogP contribution in [-0.2, 0) is 14.0 Å². The van der Waals surface area contributed by atoms with Crippen molar-refractivity contribution < 1.29 is 14.0 Å². The molecule has 0 aromatic heterocycles. The van der Waals surface area contributed by atoms with Gasteiger partial charge in [0.2, 0.25) is 0 Å². The van der Waals surface area contributed by atoms with E-state index in [9.17, 15) is 4.79 Å². The van der Waals surface area contributed by atoms with E-state index in [1.807, 2.05) is 32.9 Å². The van der Waals surface area contributed by atoms with E-state index in [4.69, 9.17) is 9.16 Å². The highest BCUT2D eigenvalue weighted by Gasteiger charge is 2.45. The van der Waals surface area contributed by atoms with Crippen LogP contribution in [0.3, 0.4) is 0 Å². The molecule has 1 atom stereocenters. The van der Waals surface area contributed by atoms with Crippen LogP contribution in [0.2, 0.25) is 16.6 Å². The molecule has 166 valence electrons. The third kappa shape index (κ3) is 6.42. The lowest BCUT2D eigenvalue weighted by Gasteiger charge is -2.43. The van der Waals surface area contributed by atoms with Crippen LogP contribution in [0.15, 0.2) is 35.1 Å². The Labute approximate surface area is 180 Å². The van der Waals surface area contributed by atoms with Gasteiger partial charge in [-0.3, -0.25) is 4.79 Å². The Morgan fingerprint density at radius 3 is 2.00 bits per heavy atom. The van der Waals surface area contributed by atoms with Crippen molar-refractivity contribution in [1.29, 1.82) is 0 Å². The van der Waals surface area contributed by atoms with Crippen LogP contribution in [0.25, 0.3) is 0 Å². The molecule has 0 fully saturated rings. The highest BCUT2D eigenvalue weighted by molar-refractivity contribution is 6.77. The van der Waals surface area contributed by atoms with Gasteiger partial charge in [0.05, 0.1) is 5.41 Å². The number of esters is 1. The quantitative estimate of drug-likeness (QED) is 0.315. The fraction of sp³-hybridized carbons (Fsp3) is 0.720. The molecule has 0 saturated carbocycles. The van der Waals surface area contributed by atoms with Crippen LogP contribution in [0.4, 0.5) is 0 Å². The van der Waals surface area contributed by atoms with Gasteiger partial charge in [-0.05, 0) is 69.3 Å². The summed E-state index contributed by atoms with van der Waals surface area (Å²) in [4.78, 5) is 12.4. The van der Waals surface area contributed by atoms with E-state index in [0.717, 1.165) is 18.6 Å². The lowest BCUT2D eigenvalue weighted by molar-refractivity contribution is -0.148. The maximum Gasteiger partial charge on any atom is 0.316 e. The molecule has 0 N–H and O–H groups in total. The number of rotatable bonds is 7. The first-order valence-corrected chi connectivity index (χ1v) is 13.3. The lowest BCUT2D eigenvalue weighted by atomic mass is 9.95. The molecule has 0 bridgehead atoms. The Balaban J connectivity index is 3.03. The number of hydrogen-bond donors (Lipinski definition) is 0. The second-order valence-corrected chi connectivity index (χ2v) is 16.1. The van der Waals surface area contributed by atoms with Gasteiger partial charge in [0.15, 0.2) is 8.32 Å². The van der Waals surface area contributed by atoms with E-state index in [2.05, 4.69) is 61.5 Å². The second kappa shape index (κ2) is 10.3. The van der Waals surface area contributed by atoms with Gasteiger partial charge < -0.3 is 9.16 Å². The molecule has 0 radical (unpaired) electrons. The zero-order valence-corrected chi connectivity index (χ0v) is 21.7. The molecule has 0 aromatic carbocycles. The molecule has 3 nitrogen and oxygen atoms in total. The smallest absolute Gasteiger partial charge is 0.316 e. The zero-order chi connectivity index (χ0) is 22.6. The molecule has 0 saturated heterocycles. The normalized spacial score (nSPS) is 18.3. The largest absolute Gasteiger partial charge is 0.426 e. The van der Waals surface area contributed by atoms with Gasteiger partial charge in [0.1, 0.15) is 5.76 Å². The Morgan fingerprint density at radius 1 is 1.07 bits per heavy atom. The van der Waals surface area contributed by atoms with Gasteiger partial charge in [-0.1, -0.05) is 59.3 Å². The number of carbonyl (C=O) groups is 1. The minimum atomic E-state index is -1.90. The first kappa shape index (κ1) is 25.9. The summed E-state index contributed by atoms with van der Waals surface area (Å²) < 4.78 is 12.6. The molecule has 0 aliphatic heterocycles. The van der Waals surface area contributed by atoms with Crippen molar-refractivity contribution in [3.8, 4) is 0 Å². The lowest BCUT2D eigenvalue weighted by Crippen LogP contribution is -2.48. The van der Waals surface area contributed by atoms with Crippen LogP contribution in [0, 0.1) is 11.3 Å². The van der Waals surface area contributed by atoms with Crippen LogP contribution in [-0.4, -0.2) is 20.9 Å². The number of allylic oxidation sites excluding steroid dienone is 4. The molecule has 1 aliphatic rings. The van der Waals surface area contributed by atoms with Crippen LogP contribution >= 0.6 is 0 Å². The van der Waals surface area contributed by atoms with E-state index in [1.54, 1.807) is 0 Å². The van der Waals surface area contributed by atoms with E-state index in [1.165, 1.54) is 5.57 Å². The second-order valence-electron chi connectivity index (χ2n) is 10.6. The first-order valence-electron chi connectivity index (χ1n) is 11.1. The van der Waals surface area contributed by atoms with Crippen LogP contribution in [0.5, 0.6) is 0 Å². The van der Waals surface area contributed by atoms with Crippen molar-refractivity contribution in [2.75, 3.05) is 6.61 Å². The average Bonchev–Trinajstić information content (AvgIpc) is 2.76. The van der Waals surface area contributed by atoms with Gasteiger partial charge in [-0.15, -0.1) is 0 Å². The summed E-state index contributed by atoms with van der Waals surface area (Å²) in [5, 5.41) is 0. The summed E-state index contributed by atoms with van der Waals surface area (Å²) in [6.07, 6.45) is 7.00. The van der Waals surface area contributed by atoms with Crippen LogP contribution < -0.4 is 0 Å². The maximum absolute atomic E-state index is 12.4. The summed E-state index contributed by atoms with van der Waals surface area (Å²) in [6, 6.07) is 0. The summed E-state index contributed by atoms with van der Waals surface area (Å²) in [7, 11) is -1.90. The summed E-state index contributed by atoms with van der Waals surface area (Å²) in [6.45, 7) is 24.5. The van der Waals surface area contributed by atoms with E-state index >= 15 is 0 Å². The highest BCUT2D eigenvalue weighted by atomic mass is 28.4. The molecule has 0 amide bonds. The van der Waals surface area contributed by atoms with Crippen LogP contribution in [0.1, 0.15) is 82.6 Å². The molecule has 1 aliphatic carbocycles.